The number of alkyl halides is 3. The lowest BCUT2D eigenvalue weighted by molar-refractivity contribution is -0.137. The summed E-state index contributed by atoms with van der Waals surface area (Å²) in [5.74, 6) is 0.556. The Morgan fingerprint density at radius 1 is 1.12 bits per heavy atom. The quantitative estimate of drug-likeness (QED) is 0.575. The van der Waals surface area contributed by atoms with Gasteiger partial charge in [0.05, 0.1) is 16.8 Å². The van der Waals surface area contributed by atoms with Crippen LogP contribution in [0.4, 0.5) is 18.9 Å². The first kappa shape index (κ1) is 21.3. The van der Waals surface area contributed by atoms with E-state index in [2.05, 4.69) is 30.5 Å². The van der Waals surface area contributed by atoms with Crippen molar-refractivity contribution in [3.8, 4) is 11.4 Å². The number of benzene rings is 1. The number of hydrogen-bond donors (Lipinski definition) is 2. The first-order valence-corrected chi connectivity index (χ1v) is 10.7. The fourth-order valence-corrected chi connectivity index (χ4v) is 4.42. The first-order valence-electron chi connectivity index (χ1n) is 10.7. The highest BCUT2D eigenvalue weighted by atomic mass is 19.4. The average Bonchev–Trinajstić information content (AvgIpc) is 3.28. The molecule has 0 unspecified atom stereocenters. The number of anilines is 1. The van der Waals surface area contributed by atoms with Crippen LogP contribution in [0.1, 0.15) is 29.7 Å². The van der Waals surface area contributed by atoms with E-state index in [1.165, 1.54) is 12.1 Å². The summed E-state index contributed by atoms with van der Waals surface area (Å²) in [6, 6.07) is 7.20. The molecule has 33 heavy (non-hydrogen) atoms. The molecule has 1 saturated heterocycles. The highest BCUT2D eigenvalue weighted by molar-refractivity contribution is 5.70. The van der Waals surface area contributed by atoms with Gasteiger partial charge in [0.25, 0.3) is 5.56 Å². The smallest absolute Gasteiger partial charge is 0.341 e. The number of pyridine rings is 1. The summed E-state index contributed by atoms with van der Waals surface area (Å²) >= 11 is 0. The zero-order chi connectivity index (χ0) is 23.0. The maximum Gasteiger partial charge on any atom is 0.416 e. The number of fused-ring (bicyclic) bond motifs is 1. The fraction of sp³-hybridized carbons (Fsp3) is 0.292. The van der Waals surface area contributed by atoms with Gasteiger partial charge in [-0.25, -0.2) is 4.98 Å². The van der Waals surface area contributed by atoms with E-state index < -0.39 is 11.7 Å². The van der Waals surface area contributed by atoms with E-state index in [4.69, 9.17) is 0 Å². The Labute approximate surface area is 188 Å². The van der Waals surface area contributed by atoms with Crippen molar-refractivity contribution in [2.75, 3.05) is 18.0 Å². The number of H-pyrrole nitrogens is 2. The van der Waals surface area contributed by atoms with Gasteiger partial charge in [0.15, 0.2) is 0 Å². The molecule has 4 heterocycles. The van der Waals surface area contributed by atoms with Crippen molar-refractivity contribution in [2.24, 2.45) is 0 Å². The number of likely N-dealkylation sites (tertiary alicyclic amines) is 1. The number of rotatable bonds is 4. The third-order valence-corrected chi connectivity index (χ3v) is 6.15. The van der Waals surface area contributed by atoms with Crippen LogP contribution in [0.25, 0.3) is 17.5 Å². The lowest BCUT2D eigenvalue weighted by Crippen LogP contribution is -2.43. The molecule has 1 fully saturated rings. The molecule has 0 atom stereocenters. The molecule has 5 rings (SSSR count). The number of nitrogens with zero attached hydrogens (tertiary/aromatic N) is 3. The molecule has 2 aliphatic rings. The molecular weight excluding hydrogens is 431 g/mol. The Morgan fingerprint density at radius 3 is 2.61 bits per heavy atom. The predicted octanol–water partition coefficient (Wildman–Crippen LogP) is 4.39. The van der Waals surface area contributed by atoms with E-state index in [-0.39, 0.29) is 11.6 Å². The normalized spacial score (nSPS) is 16.9. The number of aromatic nitrogens is 3. The molecule has 3 aromatic rings. The lowest BCUT2D eigenvalue weighted by atomic mass is 10.0. The van der Waals surface area contributed by atoms with Gasteiger partial charge in [-0.05, 0) is 37.1 Å². The van der Waals surface area contributed by atoms with Crippen LogP contribution in [-0.4, -0.2) is 39.0 Å². The van der Waals surface area contributed by atoms with Crippen molar-refractivity contribution in [1.29, 1.82) is 0 Å². The second kappa shape index (κ2) is 8.42. The van der Waals surface area contributed by atoms with Gasteiger partial charge in [-0.2, -0.15) is 13.2 Å². The van der Waals surface area contributed by atoms with Gasteiger partial charge in [0, 0.05) is 55.5 Å². The van der Waals surface area contributed by atoms with Crippen LogP contribution in [0.2, 0.25) is 0 Å². The number of hydrogen-bond acceptors (Lipinski definition) is 4. The largest absolute Gasteiger partial charge is 0.416 e. The van der Waals surface area contributed by atoms with E-state index in [1.807, 2.05) is 12.3 Å². The molecule has 6 nitrogen and oxygen atoms in total. The fourth-order valence-electron chi connectivity index (χ4n) is 4.42. The van der Waals surface area contributed by atoms with Crippen molar-refractivity contribution < 1.29 is 13.2 Å². The standard InChI is InChI=1S/C24H22F3N5O/c25-24(26,27)17-5-3-16(4-6-17)22-29-14-18(30-22)15-31-12-8-19(9-13-31)32-11-1-2-20-21(32)7-10-28-23(20)33/h2-7,10-11,14,19H,8-9,12-13,15H2,(H,28,33)(H,29,30). The molecule has 0 aliphatic carbocycles. The number of aromatic amines is 2. The summed E-state index contributed by atoms with van der Waals surface area (Å²) in [4.78, 5) is 26.8. The van der Waals surface area contributed by atoms with Gasteiger partial charge < -0.3 is 14.9 Å². The molecule has 0 saturated carbocycles. The molecule has 9 heteroatoms. The third-order valence-electron chi connectivity index (χ3n) is 6.15. The van der Waals surface area contributed by atoms with Crippen molar-refractivity contribution in [2.45, 2.75) is 31.6 Å². The molecule has 0 amide bonds. The van der Waals surface area contributed by atoms with Crippen LogP contribution >= 0.6 is 0 Å². The second-order valence-electron chi connectivity index (χ2n) is 8.29. The Bertz CT molecular complexity index is 1260. The zero-order valence-electron chi connectivity index (χ0n) is 17.7. The topological polar surface area (TPSA) is 68.0 Å². The monoisotopic (exact) mass is 453 g/mol. The third kappa shape index (κ3) is 4.37. The molecule has 170 valence electrons. The Morgan fingerprint density at radius 2 is 1.88 bits per heavy atom. The highest BCUT2D eigenvalue weighted by Crippen LogP contribution is 2.31. The number of nitrogens with one attached hydrogen (secondary N) is 2. The zero-order valence-corrected chi connectivity index (χ0v) is 17.7. The van der Waals surface area contributed by atoms with Crippen LogP contribution in [0.5, 0.6) is 0 Å². The molecule has 0 radical (unpaired) electrons. The van der Waals surface area contributed by atoms with Gasteiger partial charge in [-0.3, -0.25) is 9.69 Å². The van der Waals surface area contributed by atoms with Crippen molar-refractivity contribution in [3.63, 3.8) is 0 Å². The number of piperidine rings is 1. The van der Waals surface area contributed by atoms with Crippen LogP contribution in [0.3, 0.4) is 0 Å². The van der Waals surface area contributed by atoms with E-state index in [1.54, 1.807) is 18.5 Å². The van der Waals surface area contributed by atoms with Crippen LogP contribution in [0, 0.1) is 0 Å². The summed E-state index contributed by atoms with van der Waals surface area (Å²) in [7, 11) is 0. The summed E-state index contributed by atoms with van der Waals surface area (Å²) in [6.45, 7) is 2.45. The summed E-state index contributed by atoms with van der Waals surface area (Å²) < 4.78 is 38.3. The first-order chi connectivity index (χ1) is 15.9. The molecule has 0 spiro atoms. The predicted molar refractivity (Wildman–Crippen MR) is 119 cm³/mol. The molecule has 2 aromatic heterocycles. The van der Waals surface area contributed by atoms with Gasteiger partial charge in [-0.15, -0.1) is 5.73 Å². The molecule has 0 bridgehead atoms. The summed E-state index contributed by atoms with van der Waals surface area (Å²) in [5.41, 5.74) is 5.37. The van der Waals surface area contributed by atoms with Crippen molar-refractivity contribution in [3.05, 3.63) is 81.8 Å². The Hall–Kier alpha value is -3.55. The van der Waals surface area contributed by atoms with E-state index in [0.717, 1.165) is 49.4 Å². The van der Waals surface area contributed by atoms with Gasteiger partial charge in [0.1, 0.15) is 5.82 Å². The van der Waals surface area contributed by atoms with Crippen LogP contribution in [0.15, 0.2) is 59.5 Å². The molecule has 1 aromatic carbocycles. The molecular formula is C24H22F3N5O. The summed E-state index contributed by atoms with van der Waals surface area (Å²) in [5, 5.41) is 0. The van der Waals surface area contributed by atoms with Crippen LogP contribution < -0.4 is 10.5 Å². The summed E-state index contributed by atoms with van der Waals surface area (Å²) in [6.07, 6.45) is 4.55. The molecule has 2 N–H and O–H groups in total. The average molecular weight is 453 g/mol. The van der Waals surface area contributed by atoms with E-state index in [0.29, 0.717) is 23.5 Å². The SMILES string of the molecule is O=c1[nH]ccc2c1C=C=CN2C1CCN(Cc2cnc(-c3ccc(C(F)(F)F)cc3)[nH]2)CC1. The van der Waals surface area contributed by atoms with E-state index >= 15 is 0 Å². The van der Waals surface area contributed by atoms with Crippen molar-refractivity contribution in [1.82, 2.24) is 19.9 Å². The minimum Gasteiger partial charge on any atom is -0.341 e. The second-order valence-corrected chi connectivity index (χ2v) is 8.29. The Balaban J connectivity index is 1.21. The minimum absolute atomic E-state index is 0.112. The Kier molecular flexibility index (Phi) is 5.44. The maximum absolute atomic E-state index is 12.8. The van der Waals surface area contributed by atoms with Gasteiger partial charge in [0.2, 0.25) is 0 Å². The van der Waals surface area contributed by atoms with Crippen LogP contribution in [-0.2, 0) is 12.7 Å². The minimum atomic E-state index is -4.35. The lowest BCUT2D eigenvalue weighted by Gasteiger charge is -2.38. The molecule has 2 aliphatic heterocycles. The van der Waals surface area contributed by atoms with E-state index in [9.17, 15) is 18.0 Å². The van der Waals surface area contributed by atoms with Gasteiger partial charge in [-0.1, -0.05) is 12.1 Å². The number of imidazole rings is 1. The van der Waals surface area contributed by atoms with Crippen molar-refractivity contribution >= 4 is 11.8 Å². The highest BCUT2D eigenvalue weighted by Gasteiger charge is 2.30. The van der Waals surface area contributed by atoms with Gasteiger partial charge >= 0.3 is 6.18 Å². The number of halogens is 3. The maximum atomic E-state index is 12.8.